The number of benzene rings is 2. The Morgan fingerprint density at radius 1 is 0.952 bits per heavy atom. The molecule has 0 bridgehead atoms. The molecule has 0 amide bonds. The average molecular weight is 345 g/mol. The van der Waals surface area contributed by atoms with Gasteiger partial charge < -0.3 is 9.15 Å². The fourth-order valence-corrected chi connectivity index (χ4v) is 2.27. The van der Waals surface area contributed by atoms with Crippen LogP contribution in [0.25, 0.3) is 0 Å². The molecule has 1 heterocycles. The number of nitrogens with zero attached hydrogens (tertiary/aromatic N) is 2. The Kier molecular flexibility index (Phi) is 4.31. The molecule has 0 aliphatic heterocycles. The van der Waals surface area contributed by atoms with Crippen molar-refractivity contribution in [1.29, 1.82) is 0 Å². The van der Waals surface area contributed by atoms with Gasteiger partial charge in [0.05, 0.1) is 6.42 Å². The van der Waals surface area contributed by atoms with Crippen molar-refractivity contribution in [3.05, 3.63) is 76.4 Å². The molecule has 0 atom stereocenters. The first kappa shape index (κ1) is 13.8. The van der Waals surface area contributed by atoms with Crippen LogP contribution in [-0.2, 0) is 13.0 Å². The van der Waals surface area contributed by atoms with Crippen LogP contribution in [0.1, 0.15) is 17.3 Å². The summed E-state index contributed by atoms with van der Waals surface area (Å²) >= 11 is 3.40. The molecule has 1 aromatic heterocycles. The second-order valence-corrected chi connectivity index (χ2v) is 5.41. The van der Waals surface area contributed by atoms with Gasteiger partial charge in [0.1, 0.15) is 5.75 Å². The topological polar surface area (TPSA) is 48.2 Å². The van der Waals surface area contributed by atoms with Crippen molar-refractivity contribution in [2.45, 2.75) is 13.0 Å². The van der Waals surface area contributed by atoms with Gasteiger partial charge in [-0.15, -0.1) is 10.2 Å². The van der Waals surface area contributed by atoms with E-state index in [2.05, 4.69) is 26.1 Å². The minimum atomic E-state index is 0.262. The highest BCUT2D eigenvalue weighted by Crippen LogP contribution is 2.19. The number of rotatable bonds is 5. The first-order chi connectivity index (χ1) is 10.3. The van der Waals surface area contributed by atoms with Crippen LogP contribution in [0.3, 0.4) is 0 Å². The molecule has 21 heavy (non-hydrogen) atoms. The lowest BCUT2D eigenvalue weighted by atomic mass is 10.2. The summed E-state index contributed by atoms with van der Waals surface area (Å²) in [5.41, 5.74) is 1.14. The van der Waals surface area contributed by atoms with E-state index in [4.69, 9.17) is 9.15 Å². The summed E-state index contributed by atoms with van der Waals surface area (Å²) in [5.74, 6) is 1.82. The predicted molar refractivity (Wildman–Crippen MR) is 82.0 cm³/mol. The summed E-state index contributed by atoms with van der Waals surface area (Å²) in [6.45, 7) is 0.262. The molecule has 0 unspecified atom stereocenters. The highest BCUT2D eigenvalue weighted by molar-refractivity contribution is 9.10. The van der Waals surface area contributed by atoms with Crippen molar-refractivity contribution in [2.24, 2.45) is 0 Å². The van der Waals surface area contributed by atoms with E-state index in [9.17, 15) is 0 Å². The smallest absolute Gasteiger partial charge is 0.253 e. The van der Waals surface area contributed by atoms with E-state index in [0.717, 1.165) is 15.8 Å². The van der Waals surface area contributed by atoms with Gasteiger partial charge in [-0.3, -0.25) is 0 Å². The normalized spacial score (nSPS) is 10.5. The predicted octanol–water partition coefficient (Wildman–Crippen LogP) is 4.00. The molecule has 3 rings (SSSR count). The maximum atomic E-state index is 5.61. The van der Waals surface area contributed by atoms with E-state index in [1.807, 2.05) is 54.6 Å². The molecule has 0 saturated heterocycles. The highest BCUT2D eigenvalue weighted by atomic mass is 79.9. The van der Waals surface area contributed by atoms with Gasteiger partial charge in [-0.1, -0.05) is 52.3 Å². The largest absolute Gasteiger partial charge is 0.484 e. The Labute approximate surface area is 130 Å². The molecule has 0 aliphatic carbocycles. The summed E-state index contributed by atoms with van der Waals surface area (Å²) < 4.78 is 12.2. The fourth-order valence-electron chi connectivity index (χ4n) is 1.89. The van der Waals surface area contributed by atoms with Crippen LogP contribution in [0.4, 0.5) is 0 Å². The van der Waals surface area contributed by atoms with Crippen molar-refractivity contribution in [3.8, 4) is 5.75 Å². The van der Waals surface area contributed by atoms with Crippen molar-refractivity contribution < 1.29 is 9.15 Å². The van der Waals surface area contributed by atoms with Crippen molar-refractivity contribution in [2.75, 3.05) is 0 Å². The number of ether oxygens (including phenoxy) is 1. The summed E-state index contributed by atoms with van der Waals surface area (Å²) in [5, 5.41) is 8.03. The van der Waals surface area contributed by atoms with Crippen LogP contribution in [0.15, 0.2) is 63.5 Å². The fraction of sp³-hybridized carbons (Fsp3) is 0.125. The average Bonchev–Trinajstić information content (AvgIpc) is 2.94. The molecule has 0 fully saturated rings. The first-order valence-electron chi connectivity index (χ1n) is 6.53. The minimum Gasteiger partial charge on any atom is -0.484 e. The summed E-state index contributed by atoms with van der Waals surface area (Å²) in [7, 11) is 0. The molecule has 0 spiro atoms. The zero-order valence-corrected chi connectivity index (χ0v) is 12.8. The van der Waals surface area contributed by atoms with Gasteiger partial charge in [0.2, 0.25) is 5.89 Å². The molecule has 0 radical (unpaired) electrons. The van der Waals surface area contributed by atoms with E-state index in [1.54, 1.807) is 0 Å². The molecular weight excluding hydrogens is 332 g/mol. The van der Waals surface area contributed by atoms with Crippen LogP contribution in [-0.4, -0.2) is 10.2 Å². The quantitative estimate of drug-likeness (QED) is 0.701. The lowest BCUT2D eigenvalue weighted by Gasteiger charge is -2.02. The van der Waals surface area contributed by atoms with E-state index in [1.165, 1.54) is 0 Å². The lowest BCUT2D eigenvalue weighted by Crippen LogP contribution is -1.95. The number of aromatic nitrogens is 2. The molecule has 0 aliphatic rings. The monoisotopic (exact) mass is 344 g/mol. The number of hydrogen-bond acceptors (Lipinski definition) is 4. The molecular formula is C16H13BrN2O2. The molecule has 3 aromatic rings. The zero-order valence-electron chi connectivity index (χ0n) is 11.2. The zero-order chi connectivity index (χ0) is 14.5. The van der Waals surface area contributed by atoms with Crippen molar-refractivity contribution in [1.82, 2.24) is 10.2 Å². The Bertz CT molecular complexity index is 713. The standard InChI is InChI=1S/C16H13BrN2O2/c17-13-7-4-8-14(10-13)20-11-16-19-18-15(21-16)9-12-5-2-1-3-6-12/h1-8,10H,9,11H2. The molecule has 4 nitrogen and oxygen atoms in total. The maximum Gasteiger partial charge on any atom is 0.253 e. The van der Waals surface area contributed by atoms with E-state index in [-0.39, 0.29) is 6.61 Å². The van der Waals surface area contributed by atoms with E-state index < -0.39 is 0 Å². The molecule has 0 saturated carbocycles. The molecule has 106 valence electrons. The van der Waals surface area contributed by atoms with E-state index >= 15 is 0 Å². The Hall–Kier alpha value is -2.14. The molecule has 5 heteroatoms. The van der Waals surface area contributed by atoms with Gasteiger partial charge in [-0.25, -0.2) is 0 Å². The van der Waals surface area contributed by atoms with Crippen LogP contribution in [0.2, 0.25) is 0 Å². The Morgan fingerprint density at radius 2 is 1.76 bits per heavy atom. The minimum absolute atomic E-state index is 0.262. The van der Waals surface area contributed by atoms with Gasteiger partial charge in [-0.05, 0) is 23.8 Å². The van der Waals surface area contributed by atoms with Crippen molar-refractivity contribution in [3.63, 3.8) is 0 Å². The third-order valence-corrected chi connectivity index (χ3v) is 3.36. The van der Waals surface area contributed by atoms with Crippen molar-refractivity contribution >= 4 is 15.9 Å². The van der Waals surface area contributed by atoms with Gasteiger partial charge in [0, 0.05) is 4.47 Å². The van der Waals surface area contributed by atoms with Gasteiger partial charge in [0.25, 0.3) is 5.89 Å². The third kappa shape index (κ3) is 3.92. The molecule has 2 aromatic carbocycles. The number of hydrogen-bond donors (Lipinski definition) is 0. The highest BCUT2D eigenvalue weighted by Gasteiger charge is 2.07. The summed E-state index contributed by atoms with van der Waals surface area (Å²) in [6.07, 6.45) is 0.630. The van der Waals surface area contributed by atoms with Crippen LogP contribution < -0.4 is 4.74 Å². The molecule has 0 N–H and O–H groups in total. The Morgan fingerprint density at radius 3 is 2.57 bits per heavy atom. The van der Waals surface area contributed by atoms with Gasteiger partial charge in [-0.2, -0.15) is 0 Å². The lowest BCUT2D eigenvalue weighted by molar-refractivity contribution is 0.259. The Balaban J connectivity index is 1.60. The van der Waals surface area contributed by atoms with Gasteiger partial charge in [0.15, 0.2) is 6.61 Å². The van der Waals surface area contributed by atoms with Gasteiger partial charge >= 0.3 is 0 Å². The second-order valence-electron chi connectivity index (χ2n) is 4.50. The summed E-state index contributed by atoms with van der Waals surface area (Å²) in [6, 6.07) is 17.6. The third-order valence-electron chi connectivity index (χ3n) is 2.87. The second kappa shape index (κ2) is 6.54. The van der Waals surface area contributed by atoms with Crippen LogP contribution in [0.5, 0.6) is 5.75 Å². The first-order valence-corrected chi connectivity index (χ1v) is 7.32. The summed E-state index contributed by atoms with van der Waals surface area (Å²) in [4.78, 5) is 0. The van der Waals surface area contributed by atoms with Crippen LogP contribution >= 0.6 is 15.9 Å². The van der Waals surface area contributed by atoms with Crippen LogP contribution in [0, 0.1) is 0 Å². The van der Waals surface area contributed by atoms with E-state index in [0.29, 0.717) is 18.2 Å². The maximum absolute atomic E-state index is 5.61. The SMILES string of the molecule is Brc1cccc(OCc2nnc(Cc3ccccc3)o2)c1. The number of halogens is 1.